The van der Waals surface area contributed by atoms with E-state index in [0.717, 1.165) is 57.0 Å². The second kappa shape index (κ2) is 13.5. The number of guanidine groups is 1. The Labute approximate surface area is 169 Å². The first-order valence-corrected chi connectivity index (χ1v) is 10.5. The summed E-state index contributed by atoms with van der Waals surface area (Å²) in [5.74, 6) is 1.01. The normalized spacial score (nSPS) is 25.3. The summed E-state index contributed by atoms with van der Waals surface area (Å²) in [4.78, 5) is 7.25. The lowest BCUT2D eigenvalue weighted by atomic mass is 10.2. The molecule has 0 radical (unpaired) electrons. The minimum atomic E-state index is 0. The highest BCUT2D eigenvalue weighted by atomic mass is 127. The Bertz CT molecular complexity index is 353. The molecule has 0 aromatic heterocycles. The van der Waals surface area contributed by atoms with Gasteiger partial charge in [-0.3, -0.25) is 9.89 Å². The number of nitrogens with zero attached hydrogens (tertiary/aromatic N) is 2. The van der Waals surface area contributed by atoms with Crippen LogP contribution < -0.4 is 10.6 Å². The maximum Gasteiger partial charge on any atom is 0.191 e. The standard InChI is InChI=1S/C17H34N4OS.HI/c1-3-18-17(20-15-6-7-16(14-15)23-2)19-8-4-5-9-21-10-12-22-13-11-21;/h15-16H,3-14H2,1-2H3,(H2,18,19,20);1H. The number of nitrogens with one attached hydrogen (secondary N) is 2. The van der Waals surface area contributed by atoms with E-state index in [1.807, 2.05) is 11.8 Å². The number of halogens is 1. The monoisotopic (exact) mass is 470 g/mol. The third kappa shape index (κ3) is 8.58. The molecule has 0 spiro atoms. The van der Waals surface area contributed by atoms with Crippen molar-refractivity contribution >= 4 is 41.7 Å². The predicted octanol–water partition coefficient (Wildman–Crippen LogP) is 2.56. The lowest BCUT2D eigenvalue weighted by Gasteiger charge is -2.26. The van der Waals surface area contributed by atoms with Crippen molar-refractivity contribution in [3.63, 3.8) is 0 Å². The fourth-order valence-electron chi connectivity index (χ4n) is 3.26. The van der Waals surface area contributed by atoms with Crippen molar-refractivity contribution in [2.75, 3.05) is 52.2 Å². The molecule has 0 aromatic rings. The summed E-state index contributed by atoms with van der Waals surface area (Å²) < 4.78 is 5.38. The fourth-order valence-corrected chi connectivity index (χ4v) is 4.06. The van der Waals surface area contributed by atoms with Gasteiger partial charge in [-0.1, -0.05) is 0 Å². The van der Waals surface area contributed by atoms with Crippen LogP contribution >= 0.6 is 35.7 Å². The van der Waals surface area contributed by atoms with Crippen LogP contribution in [0.4, 0.5) is 0 Å². The maximum atomic E-state index is 5.38. The molecular formula is C17H35IN4OS. The van der Waals surface area contributed by atoms with Gasteiger partial charge in [0.1, 0.15) is 0 Å². The Morgan fingerprint density at radius 3 is 2.71 bits per heavy atom. The molecule has 7 heteroatoms. The van der Waals surface area contributed by atoms with Crippen molar-refractivity contribution in [2.45, 2.75) is 50.3 Å². The summed E-state index contributed by atoms with van der Waals surface area (Å²) in [7, 11) is 0. The largest absolute Gasteiger partial charge is 0.379 e. The highest BCUT2D eigenvalue weighted by molar-refractivity contribution is 14.0. The molecule has 24 heavy (non-hydrogen) atoms. The Balaban J connectivity index is 0.00000288. The minimum Gasteiger partial charge on any atom is -0.379 e. The van der Waals surface area contributed by atoms with E-state index in [-0.39, 0.29) is 24.0 Å². The van der Waals surface area contributed by atoms with E-state index in [0.29, 0.717) is 6.04 Å². The Morgan fingerprint density at radius 2 is 2.04 bits per heavy atom. The van der Waals surface area contributed by atoms with Gasteiger partial charge in [-0.2, -0.15) is 11.8 Å². The molecule has 1 aliphatic heterocycles. The molecule has 1 saturated carbocycles. The van der Waals surface area contributed by atoms with E-state index in [1.165, 1.54) is 32.2 Å². The first-order valence-electron chi connectivity index (χ1n) is 9.19. The van der Waals surface area contributed by atoms with Crippen LogP contribution in [0.15, 0.2) is 4.99 Å². The minimum absolute atomic E-state index is 0. The van der Waals surface area contributed by atoms with E-state index in [2.05, 4.69) is 28.7 Å². The van der Waals surface area contributed by atoms with Gasteiger partial charge in [-0.05, 0) is 51.8 Å². The maximum absolute atomic E-state index is 5.38. The molecule has 2 aliphatic rings. The van der Waals surface area contributed by atoms with Crippen molar-refractivity contribution in [1.82, 2.24) is 15.5 Å². The molecule has 2 unspecified atom stereocenters. The second-order valence-corrected chi connectivity index (χ2v) is 7.57. The molecular weight excluding hydrogens is 435 g/mol. The summed E-state index contributed by atoms with van der Waals surface area (Å²) in [5, 5.41) is 7.83. The summed E-state index contributed by atoms with van der Waals surface area (Å²) >= 11 is 2.00. The quantitative estimate of drug-likeness (QED) is 0.247. The molecule has 0 aromatic carbocycles. The summed E-state index contributed by atoms with van der Waals surface area (Å²) in [5.41, 5.74) is 0. The van der Waals surface area contributed by atoms with E-state index < -0.39 is 0 Å². The van der Waals surface area contributed by atoms with Crippen molar-refractivity contribution < 1.29 is 4.74 Å². The number of aliphatic imine (C=N–C) groups is 1. The van der Waals surface area contributed by atoms with Crippen LogP contribution in [0, 0.1) is 0 Å². The fraction of sp³-hybridized carbons (Fsp3) is 0.941. The van der Waals surface area contributed by atoms with Crippen LogP contribution in [0.1, 0.15) is 39.0 Å². The number of unbranched alkanes of at least 4 members (excludes halogenated alkanes) is 1. The molecule has 1 aliphatic carbocycles. The average molecular weight is 470 g/mol. The van der Waals surface area contributed by atoms with Gasteiger partial charge in [-0.25, -0.2) is 0 Å². The van der Waals surface area contributed by atoms with Gasteiger partial charge in [-0.15, -0.1) is 24.0 Å². The van der Waals surface area contributed by atoms with E-state index >= 15 is 0 Å². The van der Waals surface area contributed by atoms with Crippen LogP contribution in [-0.4, -0.2) is 74.3 Å². The highest BCUT2D eigenvalue weighted by Crippen LogP contribution is 2.27. The first kappa shape index (κ1) is 22.3. The SMILES string of the molecule is CCNC(=NCCCCN1CCOCC1)NC1CCC(SC)C1.I. The number of morpholine rings is 1. The van der Waals surface area contributed by atoms with Gasteiger partial charge in [0.15, 0.2) is 5.96 Å². The Kier molecular flexibility index (Phi) is 12.5. The number of ether oxygens (including phenoxy) is 1. The van der Waals surface area contributed by atoms with E-state index in [1.54, 1.807) is 0 Å². The lowest BCUT2D eigenvalue weighted by Crippen LogP contribution is -2.42. The highest BCUT2D eigenvalue weighted by Gasteiger charge is 2.24. The van der Waals surface area contributed by atoms with Gasteiger partial charge in [0.05, 0.1) is 13.2 Å². The zero-order valence-electron chi connectivity index (χ0n) is 15.3. The van der Waals surface area contributed by atoms with E-state index in [4.69, 9.17) is 9.73 Å². The molecule has 1 heterocycles. The van der Waals surface area contributed by atoms with Crippen molar-refractivity contribution in [3.8, 4) is 0 Å². The van der Waals surface area contributed by atoms with Crippen molar-refractivity contribution in [3.05, 3.63) is 0 Å². The summed E-state index contributed by atoms with van der Waals surface area (Å²) in [6.07, 6.45) is 8.47. The molecule has 5 nitrogen and oxygen atoms in total. The van der Waals surface area contributed by atoms with Crippen LogP contribution in [0.5, 0.6) is 0 Å². The second-order valence-electron chi connectivity index (χ2n) is 6.43. The molecule has 0 bridgehead atoms. The first-order chi connectivity index (χ1) is 11.3. The average Bonchev–Trinajstić information content (AvgIpc) is 3.03. The van der Waals surface area contributed by atoms with Gasteiger partial charge in [0.25, 0.3) is 0 Å². The van der Waals surface area contributed by atoms with E-state index in [9.17, 15) is 0 Å². The number of rotatable bonds is 8. The van der Waals surface area contributed by atoms with Crippen molar-refractivity contribution in [2.24, 2.45) is 4.99 Å². The molecule has 2 atom stereocenters. The summed E-state index contributed by atoms with van der Waals surface area (Å²) in [6, 6.07) is 0.596. The van der Waals surface area contributed by atoms with Crippen LogP contribution in [-0.2, 0) is 4.74 Å². The number of hydrogen-bond acceptors (Lipinski definition) is 4. The zero-order valence-corrected chi connectivity index (χ0v) is 18.4. The topological polar surface area (TPSA) is 48.9 Å². The van der Waals surface area contributed by atoms with Crippen LogP contribution in [0.2, 0.25) is 0 Å². The van der Waals surface area contributed by atoms with Gasteiger partial charge in [0.2, 0.25) is 0 Å². The molecule has 1 saturated heterocycles. The Hall–Kier alpha value is 0.270. The van der Waals surface area contributed by atoms with Crippen LogP contribution in [0.25, 0.3) is 0 Å². The zero-order chi connectivity index (χ0) is 16.3. The van der Waals surface area contributed by atoms with Gasteiger partial charge in [0, 0.05) is 37.5 Å². The molecule has 0 amide bonds. The van der Waals surface area contributed by atoms with Crippen molar-refractivity contribution in [1.29, 1.82) is 0 Å². The third-order valence-corrected chi connectivity index (χ3v) is 5.75. The summed E-state index contributed by atoms with van der Waals surface area (Å²) in [6.45, 7) is 9.13. The lowest BCUT2D eigenvalue weighted by molar-refractivity contribution is 0.0373. The van der Waals surface area contributed by atoms with Gasteiger partial charge < -0.3 is 15.4 Å². The number of thioether (sulfide) groups is 1. The Morgan fingerprint density at radius 1 is 1.25 bits per heavy atom. The van der Waals surface area contributed by atoms with Gasteiger partial charge >= 0.3 is 0 Å². The molecule has 142 valence electrons. The predicted molar refractivity (Wildman–Crippen MR) is 116 cm³/mol. The molecule has 2 N–H and O–H groups in total. The molecule has 2 fully saturated rings. The number of hydrogen-bond donors (Lipinski definition) is 2. The third-order valence-electron chi connectivity index (χ3n) is 4.66. The van der Waals surface area contributed by atoms with Crippen LogP contribution in [0.3, 0.4) is 0 Å². The molecule has 2 rings (SSSR count). The smallest absolute Gasteiger partial charge is 0.191 e.